The van der Waals surface area contributed by atoms with E-state index in [0.717, 1.165) is 24.8 Å². The van der Waals surface area contributed by atoms with Crippen molar-refractivity contribution in [2.75, 3.05) is 0 Å². The molecule has 1 aliphatic rings. The van der Waals surface area contributed by atoms with Gasteiger partial charge in [-0.15, -0.1) is 0 Å². The molecule has 0 aliphatic heterocycles. The number of benzene rings is 2. The van der Waals surface area contributed by atoms with Crippen LogP contribution in [0.5, 0.6) is 0 Å². The molecule has 0 radical (unpaired) electrons. The summed E-state index contributed by atoms with van der Waals surface area (Å²) in [6.07, 6.45) is 3.32. The number of hydrogen-bond acceptors (Lipinski definition) is 2. The van der Waals surface area contributed by atoms with Crippen molar-refractivity contribution in [3.8, 4) is 0 Å². The summed E-state index contributed by atoms with van der Waals surface area (Å²) in [5.74, 6) is 0.685. The Balaban J connectivity index is 1.60. The number of aliphatic hydroxyl groups excluding tert-OH is 1. The van der Waals surface area contributed by atoms with Crippen molar-refractivity contribution in [1.82, 2.24) is 0 Å². The molecule has 24 heavy (non-hydrogen) atoms. The third-order valence-electron chi connectivity index (χ3n) is 5.53. The van der Waals surface area contributed by atoms with Crippen LogP contribution in [0.25, 0.3) is 0 Å². The molecule has 2 aromatic rings. The Labute approximate surface area is 145 Å². The largest absolute Gasteiger partial charge is 0.393 e. The van der Waals surface area contributed by atoms with Crippen LogP contribution in [0, 0.1) is 11.8 Å². The second-order valence-electron chi connectivity index (χ2n) is 7.53. The van der Waals surface area contributed by atoms with Crippen LogP contribution in [-0.4, -0.2) is 21.9 Å². The molecule has 1 saturated carbocycles. The minimum atomic E-state index is -0.774. The van der Waals surface area contributed by atoms with Gasteiger partial charge in [0.1, 0.15) is 0 Å². The van der Waals surface area contributed by atoms with E-state index < -0.39 is 11.7 Å². The highest BCUT2D eigenvalue weighted by molar-refractivity contribution is 5.18. The van der Waals surface area contributed by atoms with E-state index in [9.17, 15) is 10.2 Å². The summed E-state index contributed by atoms with van der Waals surface area (Å²) >= 11 is 0. The quantitative estimate of drug-likeness (QED) is 0.873. The molecule has 2 aromatic carbocycles. The van der Waals surface area contributed by atoms with Crippen LogP contribution in [0.15, 0.2) is 60.7 Å². The fourth-order valence-corrected chi connectivity index (χ4v) is 4.21. The molecule has 4 unspecified atom stereocenters. The standard InChI is InChI=1S/C22H28O2/c1-17(14-18-8-4-2-5-9-18)20-12-13-22(24,16-21(20)23)15-19-10-6-3-7-11-19/h2-11,17,20-21,23-24H,12-16H2,1H3. The third-order valence-corrected chi connectivity index (χ3v) is 5.53. The van der Waals surface area contributed by atoms with Crippen LogP contribution in [-0.2, 0) is 12.8 Å². The van der Waals surface area contributed by atoms with Gasteiger partial charge in [-0.1, -0.05) is 67.6 Å². The molecule has 1 fully saturated rings. The highest BCUT2D eigenvalue weighted by Gasteiger charge is 2.40. The highest BCUT2D eigenvalue weighted by Crippen LogP contribution is 2.39. The molecule has 0 bridgehead atoms. The average Bonchev–Trinajstić information content (AvgIpc) is 2.56. The zero-order valence-electron chi connectivity index (χ0n) is 14.4. The summed E-state index contributed by atoms with van der Waals surface area (Å²) < 4.78 is 0. The lowest BCUT2D eigenvalue weighted by Gasteiger charge is -2.42. The predicted molar refractivity (Wildman–Crippen MR) is 97.8 cm³/mol. The van der Waals surface area contributed by atoms with Crippen molar-refractivity contribution in [2.24, 2.45) is 11.8 Å². The van der Waals surface area contributed by atoms with Crippen LogP contribution in [0.4, 0.5) is 0 Å². The first-order valence-corrected chi connectivity index (χ1v) is 9.04. The van der Waals surface area contributed by atoms with Crippen LogP contribution in [0.2, 0.25) is 0 Å². The van der Waals surface area contributed by atoms with E-state index in [4.69, 9.17) is 0 Å². The van der Waals surface area contributed by atoms with Crippen molar-refractivity contribution in [1.29, 1.82) is 0 Å². The maximum atomic E-state index is 10.9. The summed E-state index contributed by atoms with van der Waals surface area (Å²) in [7, 11) is 0. The molecule has 0 amide bonds. The SMILES string of the molecule is CC(Cc1ccccc1)C1CCC(O)(Cc2ccccc2)CC1O. The molecule has 0 heterocycles. The number of rotatable bonds is 5. The van der Waals surface area contributed by atoms with Crippen LogP contribution in [0.3, 0.4) is 0 Å². The van der Waals surface area contributed by atoms with E-state index in [1.54, 1.807) is 0 Å². The Kier molecular flexibility index (Phi) is 5.37. The van der Waals surface area contributed by atoms with Crippen molar-refractivity contribution < 1.29 is 10.2 Å². The van der Waals surface area contributed by atoms with Crippen molar-refractivity contribution in [2.45, 2.75) is 50.7 Å². The monoisotopic (exact) mass is 324 g/mol. The normalized spacial score (nSPS) is 28.5. The third kappa shape index (κ3) is 4.25. The molecule has 4 atom stereocenters. The van der Waals surface area contributed by atoms with E-state index in [-0.39, 0.29) is 5.92 Å². The Morgan fingerprint density at radius 3 is 2.17 bits per heavy atom. The first-order valence-electron chi connectivity index (χ1n) is 9.04. The van der Waals surface area contributed by atoms with Crippen molar-refractivity contribution >= 4 is 0 Å². The van der Waals surface area contributed by atoms with Gasteiger partial charge in [0.05, 0.1) is 11.7 Å². The van der Waals surface area contributed by atoms with E-state index in [1.165, 1.54) is 5.56 Å². The highest BCUT2D eigenvalue weighted by atomic mass is 16.3. The minimum Gasteiger partial charge on any atom is -0.393 e. The molecule has 0 spiro atoms. The Bertz CT molecular complexity index is 625. The molecule has 2 nitrogen and oxygen atoms in total. The van der Waals surface area contributed by atoms with Gasteiger partial charge in [-0.05, 0) is 42.2 Å². The molecular weight excluding hydrogens is 296 g/mol. The topological polar surface area (TPSA) is 40.5 Å². The lowest BCUT2D eigenvalue weighted by atomic mass is 9.69. The van der Waals surface area contributed by atoms with Gasteiger partial charge in [-0.25, -0.2) is 0 Å². The van der Waals surface area contributed by atoms with Gasteiger partial charge in [-0.2, -0.15) is 0 Å². The van der Waals surface area contributed by atoms with E-state index in [1.807, 2.05) is 24.3 Å². The van der Waals surface area contributed by atoms with Crippen LogP contribution in [0.1, 0.15) is 37.3 Å². The Hall–Kier alpha value is -1.64. The first-order chi connectivity index (χ1) is 11.6. The minimum absolute atomic E-state index is 0.265. The Morgan fingerprint density at radius 1 is 1.00 bits per heavy atom. The van der Waals surface area contributed by atoms with Gasteiger partial charge < -0.3 is 10.2 Å². The molecule has 0 aromatic heterocycles. The maximum Gasteiger partial charge on any atom is 0.0712 e. The molecule has 3 rings (SSSR count). The zero-order valence-corrected chi connectivity index (χ0v) is 14.4. The number of hydrogen-bond donors (Lipinski definition) is 2. The van der Waals surface area contributed by atoms with Gasteiger partial charge in [-0.3, -0.25) is 0 Å². The summed E-state index contributed by atoms with van der Waals surface area (Å²) in [6.45, 7) is 2.22. The zero-order chi connectivity index (χ0) is 17.0. The molecule has 2 heteroatoms. The van der Waals surface area contributed by atoms with E-state index >= 15 is 0 Å². The second kappa shape index (κ2) is 7.50. The first kappa shape index (κ1) is 17.2. The number of aliphatic hydroxyl groups is 2. The van der Waals surface area contributed by atoms with Gasteiger partial charge in [0, 0.05) is 12.8 Å². The lowest BCUT2D eigenvalue weighted by molar-refractivity contribution is -0.0800. The molecular formula is C22H28O2. The lowest BCUT2D eigenvalue weighted by Crippen LogP contribution is -2.45. The summed E-state index contributed by atoms with van der Waals surface area (Å²) in [4.78, 5) is 0. The van der Waals surface area contributed by atoms with Crippen LogP contribution >= 0.6 is 0 Å². The van der Waals surface area contributed by atoms with Gasteiger partial charge in [0.2, 0.25) is 0 Å². The Morgan fingerprint density at radius 2 is 1.58 bits per heavy atom. The van der Waals surface area contributed by atoms with Gasteiger partial charge in [0.15, 0.2) is 0 Å². The smallest absolute Gasteiger partial charge is 0.0712 e. The fourth-order valence-electron chi connectivity index (χ4n) is 4.21. The van der Waals surface area contributed by atoms with Crippen LogP contribution < -0.4 is 0 Å². The van der Waals surface area contributed by atoms with Gasteiger partial charge >= 0.3 is 0 Å². The molecule has 2 N–H and O–H groups in total. The van der Waals surface area contributed by atoms with Gasteiger partial charge in [0.25, 0.3) is 0 Å². The fraction of sp³-hybridized carbons (Fsp3) is 0.455. The summed E-state index contributed by atoms with van der Waals surface area (Å²) in [6, 6.07) is 20.6. The molecule has 0 saturated heterocycles. The summed E-state index contributed by atoms with van der Waals surface area (Å²) in [5.41, 5.74) is 1.69. The van der Waals surface area contributed by atoms with Crippen molar-refractivity contribution in [3.63, 3.8) is 0 Å². The van der Waals surface area contributed by atoms with E-state index in [0.29, 0.717) is 18.8 Å². The molecule has 1 aliphatic carbocycles. The van der Waals surface area contributed by atoms with E-state index in [2.05, 4.69) is 43.3 Å². The predicted octanol–water partition coefficient (Wildman–Crippen LogP) is 4.00. The molecule has 128 valence electrons. The second-order valence-corrected chi connectivity index (χ2v) is 7.53. The summed E-state index contributed by atoms with van der Waals surface area (Å²) in [5, 5.41) is 21.6. The maximum absolute atomic E-state index is 10.9. The van der Waals surface area contributed by atoms with Crippen molar-refractivity contribution in [3.05, 3.63) is 71.8 Å². The average molecular weight is 324 g/mol.